The molecule has 0 spiro atoms. The number of nitrogens with one attached hydrogen (secondary N) is 1. The molecule has 146 valence electrons. The van der Waals surface area contributed by atoms with Crippen LogP contribution in [0.1, 0.15) is 34.6 Å². The van der Waals surface area contributed by atoms with Gasteiger partial charge < -0.3 is 19.2 Å². The van der Waals surface area contributed by atoms with E-state index in [0.29, 0.717) is 16.2 Å². The minimum Gasteiger partial charge on any atom is -0.450 e. The fourth-order valence-electron chi connectivity index (χ4n) is 2.89. The molecule has 0 aliphatic heterocycles. The van der Waals surface area contributed by atoms with Crippen molar-refractivity contribution < 1.29 is 23.5 Å². The third-order valence-electron chi connectivity index (χ3n) is 4.23. The molecule has 0 fully saturated rings. The van der Waals surface area contributed by atoms with Gasteiger partial charge in [0, 0.05) is 23.1 Å². The summed E-state index contributed by atoms with van der Waals surface area (Å²) in [4.78, 5) is 24.6. The van der Waals surface area contributed by atoms with Crippen LogP contribution in [0.2, 0.25) is 5.02 Å². The molecule has 0 saturated carbocycles. The number of halogens is 1. The summed E-state index contributed by atoms with van der Waals surface area (Å²) in [5.41, 5.74) is 2.00. The summed E-state index contributed by atoms with van der Waals surface area (Å²) in [6.45, 7) is 1.59. The normalized spacial score (nSPS) is 12.0. The molecular formula is C21H20ClNO5. The Bertz CT molecular complexity index is 997. The lowest BCUT2D eigenvalue weighted by Gasteiger charge is -2.14. The van der Waals surface area contributed by atoms with Crippen molar-refractivity contribution in [2.45, 2.75) is 19.6 Å². The standard InChI is InChI=1S/C21H20ClNO5/c1-13(14-6-5-7-15(22)10-14)23-19(24)12-27-21(25)20-17(11-26-2)16-8-3-4-9-18(16)28-20/h3-10,13H,11-12H2,1-2H3,(H,23,24)/t13-/m1/s1. The van der Waals surface area contributed by atoms with Crippen molar-refractivity contribution in [1.82, 2.24) is 5.32 Å². The summed E-state index contributed by atoms with van der Waals surface area (Å²) < 4.78 is 15.9. The minimum absolute atomic E-state index is 0.0405. The van der Waals surface area contributed by atoms with Crippen LogP contribution in [0.5, 0.6) is 0 Å². The van der Waals surface area contributed by atoms with E-state index in [0.717, 1.165) is 10.9 Å². The first-order valence-electron chi connectivity index (χ1n) is 8.71. The van der Waals surface area contributed by atoms with Crippen molar-refractivity contribution in [3.05, 3.63) is 70.4 Å². The lowest BCUT2D eigenvalue weighted by Crippen LogP contribution is -2.31. The van der Waals surface area contributed by atoms with E-state index in [1.54, 1.807) is 24.3 Å². The topological polar surface area (TPSA) is 77.8 Å². The van der Waals surface area contributed by atoms with Crippen LogP contribution in [0.4, 0.5) is 0 Å². The number of esters is 1. The maximum atomic E-state index is 12.4. The monoisotopic (exact) mass is 401 g/mol. The molecule has 1 aromatic heterocycles. The number of benzene rings is 2. The van der Waals surface area contributed by atoms with Crippen molar-refractivity contribution in [3.63, 3.8) is 0 Å². The van der Waals surface area contributed by atoms with Crippen molar-refractivity contribution in [3.8, 4) is 0 Å². The summed E-state index contributed by atoms with van der Waals surface area (Å²) in [7, 11) is 1.53. The predicted octanol–water partition coefficient (Wildman–Crippen LogP) is 4.27. The molecule has 6 nitrogen and oxygen atoms in total. The zero-order valence-corrected chi connectivity index (χ0v) is 16.3. The van der Waals surface area contributed by atoms with Gasteiger partial charge in [0.2, 0.25) is 5.76 Å². The number of ether oxygens (including phenoxy) is 2. The van der Waals surface area contributed by atoms with Gasteiger partial charge in [0.15, 0.2) is 6.61 Å². The highest BCUT2D eigenvalue weighted by Gasteiger charge is 2.22. The fourth-order valence-corrected chi connectivity index (χ4v) is 3.09. The van der Waals surface area contributed by atoms with Gasteiger partial charge in [-0.3, -0.25) is 4.79 Å². The molecule has 0 saturated heterocycles. The number of rotatable bonds is 7. The molecule has 0 aliphatic carbocycles. The van der Waals surface area contributed by atoms with E-state index < -0.39 is 18.5 Å². The van der Waals surface area contributed by atoms with Gasteiger partial charge in [0.05, 0.1) is 12.6 Å². The average molecular weight is 402 g/mol. The largest absolute Gasteiger partial charge is 0.450 e. The van der Waals surface area contributed by atoms with Crippen molar-refractivity contribution in [2.24, 2.45) is 0 Å². The summed E-state index contributed by atoms with van der Waals surface area (Å²) in [6, 6.07) is 14.1. The minimum atomic E-state index is -0.714. The Morgan fingerprint density at radius 3 is 2.71 bits per heavy atom. The number of para-hydroxylation sites is 1. The summed E-state index contributed by atoms with van der Waals surface area (Å²) in [5, 5.41) is 4.12. The number of carbonyl (C=O) groups excluding carboxylic acids is 2. The molecule has 0 bridgehead atoms. The van der Waals surface area contributed by atoms with E-state index in [1.165, 1.54) is 7.11 Å². The summed E-state index contributed by atoms with van der Waals surface area (Å²) >= 11 is 5.97. The number of amides is 1. The first-order valence-corrected chi connectivity index (χ1v) is 9.08. The molecule has 0 radical (unpaired) electrons. The molecule has 0 aliphatic rings. The number of carbonyl (C=O) groups is 2. The van der Waals surface area contributed by atoms with Gasteiger partial charge in [-0.2, -0.15) is 0 Å². The van der Waals surface area contributed by atoms with Crippen LogP contribution in [0.15, 0.2) is 52.9 Å². The van der Waals surface area contributed by atoms with E-state index in [9.17, 15) is 9.59 Å². The van der Waals surface area contributed by atoms with E-state index >= 15 is 0 Å². The first kappa shape index (κ1) is 19.9. The van der Waals surface area contributed by atoms with Crippen molar-refractivity contribution >= 4 is 34.4 Å². The Kier molecular flexibility index (Phi) is 6.34. The molecule has 28 heavy (non-hydrogen) atoms. The second-order valence-corrected chi connectivity index (χ2v) is 6.70. The van der Waals surface area contributed by atoms with Crippen LogP contribution < -0.4 is 5.32 Å². The van der Waals surface area contributed by atoms with E-state index in [1.807, 2.05) is 31.2 Å². The SMILES string of the molecule is COCc1c(C(=O)OCC(=O)N[C@H](C)c2cccc(Cl)c2)oc2ccccc12. The predicted molar refractivity (Wildman–Crippen MR) is 105 cm³/mol. The van der Waals surface area contributed by atoms with E-state index in [2.05, 4.69) is 5.32 Å². The number of methoxy groups -OCH3 is 1. The molecular weight excluding hydrogens is 382 g/mol. The van der Waals surface area contributed by atoms with E-state index in [4.69, 9.17) is 25.5 Å². The molecule has 3 aromatic rings. The molecule has 1 atom stereocenters. The third kappa shape index (κ3) is 4.52. The Morgan fingerprint density at radius 2 is 1.96 bits per heavy atom. The van der Waals surface area contributed by atoms with Crippen LogP contribution in [0.25, 0.3) is 11.0 Å². The Labute approximate surface area is 167 Å². The van der Waals surface area contributed by atoms with Gasteiger partial charge in [-0.15, -0.1) is 0 Å². The lowest BCUT2D eigenvalue weighted by molar-refractivity contribution is -0.124. The Hall–Kier alpha value is -2.83. The van der Waals surface area contributed by atoms with Gasteiger partial charge in [0.25, 0.3) is 5.91 Å². The van der Waals surface area contributed by atoms with E-state index in [-0.39, 0.29) is 18.4 Å². The Morgan fingerprint density at radius 1 is 1.18 bits per heavy atom. The highest BCUT2D eigenvalue weighted by molar-refractivity contribution is 6.30. The second kappa shape index (κ2) is 8.91. The van der Waals surface area contributed by atoms with Gasteiger partial charge in [0.1, 0.15) is 5.58 Å². The summed E-state index contributed by atoms with van der Waals surface area (Å²) in [5.74, 6) is -1.10. The zero-order valence-electron chi connectivity index (χ0n) is 15.5. The maximum absolute atomic E-state index is 12.4. The number of furan rings is 1. The van der Waals surface area contributed by atoms with Gasteiger partial charge in [-0.05, 0) is 30.7 Å². The lowest BCUT2D eigenvalue weighted by atomic mass is 10.1. The highest BCUT2D eigenvalue weighted by Crippen LogP contribution is 2.27. The maximum Gasteiger partial charge on any atom is 0.375 e. The molecule has 3 rings (SSSR count). The summed E-state index contributed by atoms with van der Waals surface area (Å²) in [6.07, 6.45) is 0. The Balaban J connectivity index is 1.64. The van der Waals surface area contributed by atoms with Crippen LogP contribution in [0.3, 0.4) is 0 Å². The molecule has 1 amide bonds. The average Bonchev–Trinajstić information content (AvgIpc) is 3.05. The van der Waals surface area contributed by atoms with Crippen molar-refractivity contribution in [1.29, 1.82) is 0 Å². The fraction of sp³-hybridized carbons (Fsp3) is 0.238. The molecule has 1 N–H and O–H groups in total. The highest BCUT2D eigenvalue weighted by atomic mass is 35.5. The van der Waals surface area contributed by atoms with Crippen LogP contribution in [0, 0.1) is 0 Å². The second-order valence-electron chi connectivity index (χ2n) is 6.26. The third-order valence-corrected chi connectivity index (χ3v) is 4.47. The van der Waals surface area contributed by atoms with Gasteiger partial charge in [-0.1, -0.05) is 41.9 Å². The van der Waals surface area contributed by atoms with Crippen LogP contribution in [-0.2, 0) is 20.9 Å². The molecule has 0 unspecified atom stereocenters. The number of hydrogen-bond donors (Lipinski definition) is 1. The van der Waals surface area contributed by atoms with Crippen LogP contribution in [-0.4, -0.2) is 25.6 Å². The zero-order chi connectivity index (χ0) is 20.1. The molecule has 7 heteroatoms. The first-order chi connectivity index (χ1) is 13.5. The van der Waals surface area contributed by atoms with Crippen LogP contribution >= 0.6 is 11.6 Å². The molecule has 1 heterocycles. The smallest absolute Gasteiger partial charge is 0.375 e. The van der Waals surface area contributed by atoms with Crippen molar-refractivity contribution in [2.75, 3.05) is 13.7 Å². The quantitative estimate of drug-likeness (QED) is 0.598. The van der Waals surface area contributed by atoms with Gasteiger partial charge >= 0.3 is 5.97 Å². The van der Waals surface area contributed by atoms with Gasteiger partial charge in [-0.25, -0.2) is 4.79 Å². The molecule has 2 aromatic carbocycles. The number of fused-ring (bicyclic) bond motifs is 1. The number of hydrogen-bond acceptors (Lipinski definition) is 5.